The number of hydrogen-bond donors (Lipinski definition) is 1. The van der Waals surface area contributed by atoms with Crippen molar-refractivity contribution in [3.8, 4) is 0 Å². The summed E-state index contributed by atoms with van der Waals surface area (Å²) in [6.07, 6.45) is 1.81. The molecule has 2 rings (SSSR count). The molecule has 0 saturated heterocycles. The van der Waals surface area contributed by atoms with Gasteiger partial charge in [-0.15, -0.1) is 0 Å². The molecule has 0 aliphatic carbocycles. The van der Waals surface area contributed by atoms with Crippen LogP contribution < -0.4 is 5.73 Å². The first-order valence-electron chi connectivity index (χ1n) is 6.85. The van der Waals surface area contributed by atoms with E-state index in [2.05, 4.69) is 50.1 Å². The minimum atomic E-state index is -0.00157. The van der Waals surface area contributed by atoms with Crippen molar-refractivity contribution in [1.82, 2.24) is 9.78 Å². The Morgan fingerprint density at radius 1 is 1.26 bits per heavy atom. The molecular formula is C16H23N3. The van der Waals surface area contributed by atoms with Crippen LogP contribution in [0.4, 0.5) is 0 Å². The van der Waals surface area contributed by atoms with Crippen molar-refractivity contribution in [2.24, 2.45) is 12.8 Å². The van der Waals surface area contributed by atoms with Crippen molar-refractivity contribution in [2.45, 2.75) is 39.7 Å². The molecule has 102 valence electrons. The molecule has 1 unspecified atom stereocenters. The quantitative estimate of drug-likeness (QED) is 0.915. The van der Waals surface area contributed by atoms with Gasteiger partial charge in [0.1, 0.15) is 0 Å². The van der Waals surface area contributed by atoms with Crippen LogP contribution in [0.2, 0.25) is 0 Å². The fourth-order valence-corrected chi connectivity index (χ4v) is 2.42. The fraction of sp³-hybridized carbons (Fsp3) is 0.438. The SMILES string of the molecule is CCc1cc(C(N)Cc2cc(C)ccc2C)n(C)n1. The molecule has 1 heterocycles. The Labute approximate surface area is 115 Å². The first kappa shape index (κ1) is 13.8. The molecule has 0 aliphatic rings. The van der Waals surface area contributed by atoms with E-state index in [0.717, 1.165) is 24.2 Å². The zero-order chi connectivity index (χ0) is 14.0. The lowest BCUT2D eigenvalue weighted by atomic mass is 9.98. The lowest BCUT2D eigenvalue weighted by Crippen LogP contribution is -2.17. The van der Waals surface area contributed by atoms with Crippen LogP contribution in [-0.2, 0) is 19.9 Å². The lowest BCUT2D eigenvalue weighted by Gasteiger charge is -2.14. The lowest BCUT2D eigenvalue weighted by molar-refractivity contribution is 0.613. The standard InChI is InChI=1S/C16H23N3/c1-5-14-10-16(19(4)18-14)15(17)9-13-8-11(2)6-7-12(13)3/h6-8,10,15H,5,9,17H2,1-4H3. The van der Waals surface area contributed by atoms with Gasteiger partial charge in [0.15, 0.2) is 0 Å². The molecule has 0 radical (unpaired) electrons. The Kier molecular flexibility index (Phi) is 4.05. The summed E-state index contributed by atoms with van der Waals surface area (Å²) in [6.45, 7) is 6.37. The van der Waals surface area contributed by atoms with Crippen LogP contribution in [0, 0.1) is 13.8 Å². The first-order valence-corrected chi connectivity index (χ1v) is 6.85. The summed E-state index contributed by atoms with van der Waals surface area (Å²) in [5.74, 6) is 0. The van der Waals surface area contributed by atoms with Gasteiger partial charge in [0.05, 0.1) is 17.4 Å². The molecule has 3 heteroatoms. The Morgan fingerprint density at radius 3 is 2.63 bits per heavy atom. The molecular weight excluding hydrogens is 234 g/mol. The van der Waals surface area contributed by atoms with E-state index < -0.39 is 0 Å². The summed E-state index contributed by atoms with van der Waals surface area (Å²) in [5.41, 5.74) is 12.5. The molecule has 1 atom stereocenters. The van der Waals surface area contributed by atoms with Gasteiger partial charge in [-0.25, -0.2) is 0 Å². The normalized spacial score (nSPS) is 12.7. The van der Waals surface area contributed by atoms with Gasteiger partial charge in [-0.05, 0) is 43.9 Å². The molecule has 2 aromatic rings. The molecule has 19 heavy (non-hydrogen) atoms. The predicted molar refractivity (Wildman–Crippen MR) is 79.1 cm³/mol. The van der Waals surface area contributed by atoms with Gasteiger partial charge in [-0.1, -0.05) is 30.7 Å². The van der Waals surface area contributed by atoms with Crippen LogP contribution in [0.3, 0.4) is 0 Å². The number of aromatic nitrogens is 2. The Balaban J connectivity index is 2.22. The van der Waals surface area contributed by atoms with Crippen molar-refractivity contribution in [2.75, 3.05) is 0 Å². The Morgan fingerprint density at radius 2 is 2.00 bits per heavy atom. The van der Waals surface area contributed by atoms with E-state index in [9.17, 15) is 0 Å². The maximum absolute atomic E-state index is 6.35. The summed E-state index contributed by atoms with van der Waals surface area (Å²) in [4.78, 5) is 0. The highest BCUT2D eigenvalue weighted by atomic mass is 15.3. The summed E-state index contributed by atoms with van der Waals surface area (Å²) in [5, 5.41) is 4.47. The molecule has 3 nitrogen and oxygen atoms in total. The zero-order valence-electron chi connectivity index (χ0n) is 12.3. The molecule has 0 fully saturated rings. The summed E-state index contributed by atoms with van der Waals surface area (Å²) < 4.78 is 1.91. The zero-order valence-corrected chi connectivity index (χ0v) is 12.3. The highest BCUT2D eigenvalue weighted by molar-refractivity contribution is 5.32. The van der Waals surface area contributed by atoms with Gasteiger partial charge in [0.25, 0.3) is 0 Å². The first-order chi connectivity index (χ1) is 9.01. The van der Waals surface area contributed by atoms with Crippen molar-refractivity contribution in [3.05, 3.63) is 52.3 Å². The maximum Gasteiger partial charge on any atom is 0.0625 e. The summed E-state index contributed by atoms with van der Waals surface area (Å²) in [7, 11) is 1.97. The average Bonchev–Trinajstić information content (AvgIpc) is 2.75. The molecule has 1 aromatic heterocycles. The smallest absolute Gasteiger partial charge is 0.0625 e. The van der Waals surface area contributed by atoms with E-state index in [0.29, 0.717) is 0 Å². The van der Waals surface area contributed by atoms with E-state index in [1.165, 1.54) is 16.7 Å². The van der Waals surface area contributed by atoms with Crippen LogP contribution in [-0.4, -0.2) is 9.78 Å². The number of nitrogens with zero attached hydrogens (tertiary/aromatic N) is 2. The maximum atomic E-state index is 6.35. The van der Waals surface area contributed by atoms with Crippen molar-refractivity contribution >= 4 is 0 Å². The second-order valence-electron chi connectivity index (χ2n) is 5.28. The van der Waals surface area contributed by atoms with Crippen molar-refractivity contribution in [3.63, 3.8) is 0 Å². The van der Waals surface area contributed by atoms with Crippen molar-refractivity contribution in [1.29, 1.82) is 0 Å². The van der Waals surface area contributed by atoms with Gasteiger partial charge in [0.2, 0.25) is 0 Å². The van der Waals surface area contributed by atoms with E-state index >= 15 is 0 Å². The monoisotopic (exact) mass is 257 g/mol. The Bertz CT molecular complexity index is 569. The molecule has 0 bridgehead atoms. The number of benzene rings is 1. The third-order valence-electron chi connectivity index (χ3n) is 3.65. The highest BCUT2D eigenvalue weighted by Gasteiger charge is 2.14. The molecule has 0 aliphatic heterocycles. The number of nitrogens with two attached hydrogens (primary N) is 1. The third kappa shape index (κ3) is 3.04. The van der Waals surface area contributed by atoms with Crippen molar-refractivity contribution < 1.29 is 0 Å². The second-order valence-corrected chi connectivity index (χ2v) is 5.28. The molecule has 1 aromatic carbocycles. The van der Waals surface area contributed by atoms with Crippen LogP contribution in [0.25, 0.3) is 0 Å². The van der Waals surface area contributed by atoms with Gasteiger partial charge in [0, 0.05) is 7.05 Å². The van der Waals surface area contributed by atoms with Gasteiger partial charge in [-0.2, -0.15) is 5.10 Å². The summed E-state index contributed by atoms with van der Waals surface area (Å²) in [6, 6.07) is 8.65. The van der Waals surface area contributed by atoms with Gasteiger partial charge in [-0.3, -0.25) is 4.68 Å². The second kappa shape index (κ2) is 5.57. The minimum Gasteiger partial charge on any atom is -0.322 e. The van der Waals surface area contributed by atoms with Crippen LogP contribution in [0.1, 0.15) is 41.0 Å². The number of aryl methyl sites for hydroxylation is 4. The number of hydrogen-bond acceptors (Lipinski definition) is 2. The van der Waals surface area contributed by atoms with Crippen LogP contribution in [0.15, 0.2) is 24.3 Å². The van der Waals surface area contributed by atoms with E-state index in [1.807, 2.05) is 11.7 Å². The molecule has 0 saturated carbocycles. The Hall–Kier alpha value is -1.61. The van der Waals surface area contributed by atoms with Crippen LogP contribution >= 0.6 is 0 Å². The topological polar surface area (TPSA) is 43.8 Å². The largest absolute Gasteiger partial charge is 0.322 e. The highest BCUT2D eigenvalue weighted by Crippen LogP contribution is 2.20. The van der Waals surface area contributed by atoms with Gasteiger partial charge < -0.3 is 5.73 Å². The van der Waals surface area contributed by atoms with E-state index in [-0.39, 0.29) is 6.04 Å². The molecule has 0 spiro atoms. The number of rotatable bonds is 4. The average molecular weight is 257 g/mol. The predicted octanol–water partition coefficient (Wildman–Crippen LogP) is 2.84. The fourth-order valence-electron chi connectivity index (χ4n) is 2.42. The van der Waals surface area contributed by atoms with E-state index in [4.69, 9.17) is 5.73 Å². The molecule has 2 N–H and O–H groups in total. The van der Waals surface area contributed by atoms with E-state index in [1.54, 1.807) is 0 Å². The minimum absolute atomic E-state index is 0.00157. The van der Waals surface area contributed by atoms with Gasteiger partial charge >= 0.3 is 0 Å². The third-order valence-corrected chi connectivity index (χ3v) is 3.65. The van der Waals surface area contributed by atoms with Crippen LogP contribution in [0.5, 0.6) is 0 Å². The summed E-state index contributed by atoms with van der Waals surface area (Å²) >= 11 is 0. The molecule has 0 amide bonds.